The van der Waals surface area contributed by atoms with Gasteiger partial charge in [-0.3, -0.25) is 9.11 Å². The molecule has 0 fully saturated rings. The summed E-state index contributed by atoms with van der Waals surface area (Å²) in [5.41, 5.74) is 14.1. The van der Waals surface area contributed by atoms with Gasteiger partial charge in [-0.15, -0.1) is 0 Å². The average Bonchev–Trinajstić information content (AvgIpc) is 2.36. The van der Waals surface area contributed by atoms with Gasteiger partial charge < -0.3 is 16.4 Å². The lowest BCUT2D eigenvalue weighted by Gasteiger charge is -2.26. The first-order valence-corrected chi connectivity index (χ1v) is 9.86. The van der Waals surface area contributed by atoms with Crippen molar-refractivity contribution >= 4 is 31.6 Å². The third-order valence-electron chi connectivity index (χ3n) is 2.95. The topological polar surface area (TPSA) is 164 Å². The lowest BCUT2D eigenvalue weighted by atomic mass is 10.1. The van der Waals surface area contributed by atoms with Gasteiger partial charge in [0, 0.05) is 30.7 Å². The van der Waals surface area contributed by atoms with Crippen molar-refractivity contribution in [2.75, 3.05) is 30.0 Å². The maximum Gasteiger partial charge on any atom is 0.394 e. The van der Waals surface area contributed by atoms with Gasteiger partial charge in [-0.2, -0.15) is 8.42 Å². The van der Waals surface area contributed by atoms with Gasteiger partial charge in [0.25, 0.3) is 0 Å². The van der Waals surface area contributed by atoms with E-state index in [1.807, 2.05) is 36.9 Å². The number of aryl methyl sites for hydroxylation is 1. The summed E-state index contributed by atoms with van der Waals surface area (Å²) in [6.07, 6.45) is 1.15. The van der Waals surface area contributed by atoms with Gasteiger partial charge in [0.15, 0.2) is 9.84 Å². The fourth-order valence-electron chi connectivity index (χ4n) is 1.63. The van der Waals surface area contributed by atoms with Gasteiger partial charge in [-0.05, 0) is 37.6 Å². The first-order chi connectivity index (χ1) is 10.3. The van der Waals surface area contributed by atoms with Crippen LogP contribution < -0.4 is 16.4 Å². The molecule has 6 N–H and O–H groups in total. The van der Waals surface area contributed by atoms with Crippen LogP contribution in [0.15, 0.2) is 18.2 Å². The smallest absolute Gasteiger partial charge is 0.394 e. The minimum atomic E-state index is -4.67. The summed E-state index contributed by atoms with van der Waals surface area (Å²) in [5.74, 6) is 0. The Hall–Kier alpha value is -1.40. The van der Waals surface area contributed by atoms with Crippen LogP contribution >= 0.6 is 0 Å². The second-order valence-corrected chi connectivity index (χ2v) is 8.06. The molecule has 0 aliphatic heterocycles. The summed E-state index contributed by atoms with van der Waals surface area (Å²) in [4.78, 5) is 1.93. The summed E-state index contributed by atoms with van der Waals surface area (Å²) in [6.45, 7) is 4.84. The van der Waals surface area contributed by atoms with Crippen LogP contribution in [-0.2, 0) is 20.2 Å². The molecule has 134 valence electrons. The summed E-state index contributed by atoms with van der Waals surface area (Å²) >= 11 is 0. The molecule has 0 aromatic heterocycles. The Kier molecular flexibility index (Phi) is 7.94. The minimum absolute atomic E-state index is 0.276. The number of nitrogen functional groups attached to an aromatic ring is 1. The summed E-state index contributed by atoms with van der Waals surface area (Å²) in [5, 5.41) is -0.879. The number of rotatable bonds is 5. The number of sulfone groups is 1. The van der Waals surface area contributed by atoms with E-state index in [1.54, 1.807) is 0 Å². The number of likely N-dealkylation sites (N-methyl/N-ethyl adjacent to an activating group) is 1. The third-order valence-corrected chi connectivity index (χ3v) is 4.20. The van der Waals surface area contributed by atoms with E-state index < -0.39 is 25.6 Å². The quantitative estimate of drug-likeness (QED) is 0.415. The fourth-order valence-corrected chi connectivity index (χ4v) is 2.08. The van der Waals surface area contributed by atoms with Gasteiger partial charge in [0.1, 0.15) is 5.37 Å². The molecule has 1 atom stereocenters. The van der Waals surface area contributed by atoms with Crippen LogP contribution in [0.5, 0.6) is 0 Å². The molecule has 0 radical (unpaired) electrons. The molecule has 11 heteroatoms. The Morgan fingerprint density at radius 2 is 1.70 bits per heavy atom. The molecule has 0 amide bonds. The van der Waals surface area contributed by atoms with E-state index in [4.69, 9.17) is 29.0 Å². The van der Waals surface area contributed by atoms with E-state index in [-0.39, 0.29) is 6.54 Å². The van der Waals surface area contributed by atoms with Gasteiger partial charge in [0.05, 0.1) is 0 Å². The van der Waals surface area contributed by atoms with Crippen molar-refractivity contribution in [2.45, 2.75) is 19.2 Å². The Morgan fingerprint density at radius 3 is 2.04 bits per heavy atom. The molecule has 1 unspecified atom stereocenters. The zero-order valence-electron chi connectivity index (χ0n) is 13.2. The zero-order valence-corrected chi connectivity index (χ0v) is 14.8. The minimum Gasteiger partial charge on any atom is -0.399 e. The second-order valence-electron chi connectivity index (χ2n) is 4.90. The maximum absolute atomic E-state index is 11.4. The second kappa shape index (κ2) is 8.45. The molecule has 1 rings (SSSR count). The Morgan fingerprint density at radius 1 is 1.22 bits per heavy atom. The van der Waals surface area contributed by atoms with Crippen LogP contribution in [0.4, 0.5) is 11.4 Å². The predicted octanol–water partition coefficient (Wildman–Crippen LogP) is 0.0801. The van der Waals surface area contributed by atoms with E-state index in [0.29, 0.717) is 6.54 Å². The average molecular weight is 369 g/mol. The highest BCUT2D eigenvalue weighted by molar-refractivity contribution is 7.91. The van der Waals surface area contributed by atoms with Crippen LogP contribution in [-0.4, -0.2) is 50.7 Å². The molecular weight excluding hydrogens is 346 g/mol. The highest BCUT2D eigenvalue weighted by Crippen LogP contribution is 2.20. The van der Waals surface area contributed by atoms with Crippen molar-refractivity contribution < 1.29 is 25.9 Å². The van der Waals surface area contributed by atoms with Crippen LogP contribution in [0, 0.1) is 6.92 Å². The molecule has 0 spiro atoms. The molecule has 0 aliphatic rings. The van der Waals surface area contributed by atoms with Gasteiger partial charge in [-0.1, -0.05) is 0 Å². The standard InChI is InChI=1S/C12H21N3O2S.H2O4S/c1-4-15(8-12(14)18(3,16)17)10-5-6-11(13)9(2)7-10;1-5(2,3)4/h5-7,12H,4,8,13-14H2,1-3H3;(H2,1,2,3,4). The Balaban J connectivity index is 0.000000841. The fraction of sp³-hybridized carbons (Fsp3) is 0.500. The molecular formula is C12H23N3O6S2. The van der Waals surface area contributed by atoms with Crippen LogP contribution in [0.25, 0.3) is 0 Å². The van der Waals surface area contributed by atoms with Crippen molar-refractivity contribution in [3.63, 3.8) is 0 Å². The van der Waals surface area contributed by atoms with Gasteiger partial charge in [0.2, 0.25) is 0 Å². The number of nitrogens with two attached hydrogens (primary N) is 2. The normalized spacial score (nSPS) is 13.0. The van der Waals surface area contributed by atoms with Crippen LogP contribution in [0.1, 0.15) is 12.5 Å². The van der Waals surface area contributed by atoms with Gasteiger partial charge >= 0.3 is 10.4 Å². The molecule has 1 aromatic rings. The Labute approximate surface area is 136 Å². The largest absolute Gasteiger partial charge is 0.399 e. The molecule has 0 saturated heterocycles. The monoisotopic (exact) mass is 369 g/mol. The van der Waals surface area contributed by atoms with E-state index >= 15 is 0 Å². The third kappa shape index (κ3) is 9.36. The van der Waals surface area contributed by atoms with Crippen molar-refractivity contribution in [3.05, 3.63) is 23.8 Å². The van der Waals surface area contributed by atoms with Gasteiger partial charge in [-0.25, -0.2) is 8.42 Å². The SMILES string of the molecule is CCN(CC(N)S(C)(=O)=O)c1ccc(N)c(C)c1.O=S(=O)(O)O. The number of hydrogen-bond acceptors (Lipinski definition) is 7. The molecule has 0 aliphatic carbocycles. The maximum atomic E-state index is 11.4. The van der Waals surface area contributed by atoms with E-state index in [1.165, 1.54) is 0 Å². The molecule has 23 heavy (non-hydrogen) atoms. The summed E-state index contributed by atoms with van der Waals surface area (Å²) in [6, 6.07) is 5.63. The highest BCUT2D eigenvalue weighted by Gasteiger charge is 2.19. The number of anilines is 2. The molecule has 0 bridgehead atoms. The first-order valence-electron chi connectivity index (χ1n) is 6.51. The zero-order chi connectivity index (χ0) is 18.4. The van der Waals surface area contributed by atoms with Crippen molar-refractivity contribution in [1.82, 2.24) is 0 Å². The molecule has 9 nitrogen and oxygen atoms in total. The molecule has 1 aromatic carbocycles. The van der Waals surface area contributed by atoms with Crippen molar-refractivity contribution in [2.24, 2.45) is 5.73 Å². The van der Waals surface area contributed by atoms with E-state index in [2.05, 4.69) is 0 Å². The van der Waals surface area contributed by atoms with E-state index in [0.717, 1.165) is 23.2 Å². The Bertz CT molecular complexity index is 710. The van der Waals surface area contributed by atoms with E-state index in [9.17, 15) is 8.42 Å². The predicted molar refractivity (Wildman–Crippen MR) is 90.5 cm³/mol. The van der Waals surface area contributed by atoms with Crippen molar-refractivity contribution in [3.8, 4) is 0 Å². The lowest BCUT2D eigenvalue weighted by Crippen LogP contribution is -2.42. The first kappa shape index (κ1) is 21.6. The summed E-state index contributed by atoms with van der Waals surface area (Å²) in [7, 11) is -7.89. The highest BCUT2D eigenvalue weighted by atomic mass is 32.3. The van der Waals surface area contributed by atoms with Crippen LogP contribution in [0.2, 0.25) is 0 Å². The van der Waals surface area contributed by atoms with Crippen LogP contribution in [0.3, 0.4) is 0 Å². The number of hydrogen-bond donors (Lipinski definition) is 4. The number of nitrogens with zero attached hydrogens (tertiary/aromatic N) is 1. The van der Waals surface area contributed by atoms with Crippen molar-refractivity contribution in [1.29, 1.82) is 0 Å². The number of benzene rings is 1. The lowest BCUT2D eigenvalue weighted by molar-refractivity contribution is 0.381. The molecule has 0 heterocycles. The molecule has 0 saturated carbocycles. The summed E-state index contributed by atoms with van der Waals surface area (Å²) < 4.78 is 54.3.